The quantitative estimate of drug-likeness (QED) is 0.0179. The molecule has 8 aromatic rings. The van der Waals surface area contributed by atoms with E-state index < -0.39 is 29.0 Å². The average Bonchev–Trinajstić information content (AvgIpc) is 2.16. The van der Waals surface area contributed by atoms with E-state index >= 15 is 0 Å². The van der Waals surface area contributed by atoms with Crippen molar-refractivity contribution in [2.75, 3.05) is 32.3 Å². The van der Waals surface area contributed by atoms with E-state index in [0.29, 0.717) is 40.3 Å². The van der Waals surface area contributed by atoms with Gasteiger partial charge in [0.05, 0.1) is 42.1 Å². The number of thiazole rings is 1. The third-order valence-electron chi connectivity index (χ3n) is 14.1. The Hall–Kier alpha value is -8.57. The molecule has 10 rings (SSSR count). The van der Waals surface area contributed by atoms with Gasteiger partial charge >= 0.3 is 0 Å². The lowest BCUT2D eigenvalue weighted by Crippen LogP contribution is -2.70. The van der Waals surface area contributed by atoms with Crippen molar-refractivity contribution in [1.82, 2.24) is 40.7 Å². The number of ether oxygens (including phenoxy) is 4. The second kappa shape index (κ2) is 27.0. The summed E-state index contributed by atoms with van der Waals surface area (Å²) in [6.45, 7) is 7.41. The van der Waals surface area contributed by atoms with Crippen LogP contribution in [0.4, 0.5) is 0 Å². The average molecular weight is 1220 g/mol. The Morgan fingerprint density at radius 3 is 2.09 bits per heavy atom. The summed E-state index contributed by atoms with van der Waals surface area (Å²) in [6.07, 6.45) is 3.87. The van der Waals surface area contributed by atoms with Gasteiger partial charge in [-0.3, -0.25) is 24.1 Å². The number of benzene rings is 5. The number of fused-ring (bicyclic) bond motifs is 1. The van der Waals surface area contributed by atoms with Crippen LogP contribution in [0.2, 0.25) is 5.02 Å². The lowest BCUT2D eigenvalue weighted by molar-refractivity contribution is -0.695. The fourth-order valence-corrected chi connectivity index (χ4v) is 12.3. The number of methoxy groups -OCH3 is 2. The van der Waals surface area contributed by atoms with Gasteiger partial charge in [-0.05, 0) is 97.1 Å². The van der Waals surface area contributed by atoms with Gasteiger partial charge in [0, 0.05) is 33.9 Å². The minimum absolute atomic E-state index is 0.117. The molecule has 1 saturated heterocycles. The standard InChI is InChI=1S/C62H59ClN10O9S3/c1-38(74)62(3,4)82-69-52(49-37-83-39(2)65-49)59(76)66-53-60(77)72-55(57-67-70-73(68-57)54(42-13-9-7-10-14-42)43-15-11-8-12-16-43)44(36-85-61(53)72)35-84-47-27-30-71(31-28-47)32-29-64-58(75)48-25-26-50(80-33-40-17-21-45(78-5)22-18-40)56(51(48)63)81-34-41-19-23-46(79-6)24-20-41/h7-28,30-31,37,53-54,61H,29,32-36H2,1-6H3,(H-,64,66,75,76)/p+1/b69-52-/t53-,61-/m1/s1. The van der Waals surface area contributed by atoms with E-state index in [4.69, 9.17) is 40.5 Å². The van der Waals surface area contributed by atoms with Gasteiger partial charge in [0.25, 0.3) is 17.7 Å². The highest BCUT2D eigenvalue weighted by Crippen LogP contribution is 2.45. The van der Waals surface area contributed by atoms with Gasteiger partial charge in [-0.2, -0.15) is 4.80 Å². The largest absolute Gasteiger partial charge is 0.497 e. The van der Waals surface area contributed by atoms with E-state index in [0.717, 1.165) is 38.5 Å². The number of carbonyl (C=O) groups excluding carboxylic acids is 4. The number of Topliss-reactive ketones (excluding diaryl/α,β-unsaturated/α-hetero) is 1. The van der Waals surface area contributed by atoms with E-state index in [1.165, 1.54) is 30.0 Å². The number of carbonyl (C=O) groups is 4. The summed E-state index contributed by atoms with van der Waals surface area (Å²) in [5, 5.41) is 26.2. The lowest BCUT2D eigenvalue weighted by Gasteiger charge is -2.49. The predicted octanol–water partition coefficient (Wildman–Crippen LogP) is 9.31. The number of nitrogens with one attached hydrogen (secondary N) is 2. The highest BCUT2D eigenvalue weighted by molar-refractivity contribution is 8.01. The van der Waals surface area contributed by atoms with Gasteiger partial charge < -0.3 is 34.4 Å². The Morgan fingerprint density at radius 2 is 1.49 bits per heavy atom. The molecule has 0 saturated carbocycles. The molecule has 85 heavy (non-hydrogen) atoms. The molecule has 2 aliphatic heterocycles. The molecule has 5 heterocycles. The van der Waals surface area contributed by atoms with Crippen LogP contribution >= 0.6 is 46.5 Å². The van der Waals surface area contributed by atoms with E-state index in [2.05, 4.69) is 31.1 Å². The summed E-state index contributed by atoms with van der Waals surface area (Å²) >= 11 is 11.4. The molecular formula is C62H60ClN10O9S3+. The highest BCUT2D eigenvalue weighted by Gasteiger charge is 2.54. The van der Waals surface area contributed by atoms with Gasteiger partial charge in [0.15, 0.2) is 47.5 Å². The zero-order valence-corrected chi connectivity index (χ0v) is 50.5. The first kappa shape index (κ1) is 59.6. The van der Waals surface area contributed by atoms with Crippen molar-refractivity contribution in [3.63, 3.8) is 0 Å². The van der Waals surface area contributed by atoms with Crippen LogP contribution in [-0.4, -0.2) is 109 Å². The Balaban J connectivity index is 0.840. The minimum atomic E-state index is -1.32. The maximum atomic E-state index is 14.5. The maximum Gasteiger partial charge on any atom is 0.276 e. The summed E-state index contributed by atoms with van der Waals surface area (Å²) in [5.74, 6) is 1.54. The van der Waals surface area contributed by atoms with Gasteiger partial charge in [-0.1, -0.05) is 102 Å². The molecule has 0 aliphatic carbocycles. The number of halogens is 1. The molecule has 2 N–H and O–H groups in total. The van der Waals surface area contributed by atoms with Crippen LogP contribution in [0.25, 0.3) is 5.70 Å². The van der Waals surface area contributed by atoms with Gasteiger partial charge in [0.2, 0.25) is 5.82 Å². The van der Waals surface area contributed by atoms with Crippen LogP contribution in [0.5, 0.6) is 23.0 Å². The topological polar surface area (TPSA) is 214 Å². The normalized spacial score (nSPS) is 15.0. The van der Waals surface area contributed by atoms with Gasteiger partial charge in [-0.15, -0.1) is 45.1 Å². The molecule has 3 amide bonds. The van der Waals surface area contributed by atoms with Crippen LogP contribution in [0.15, 0.2) is 167 Å². The number of pyridine rings is 1. The number of thioether (sulfide) groups is 2. The van der Waals surface area contributed by atoms with Crippen molar-refractivity contribution >= 4 is 81.4 Å². The Labute approximate surface area is 508 Å². The van der Waals surface area contributed by atoms with Crippen molar-refractivity contribution in [2.24, 2.45) is 5.16 Å². The molecule has 5 aromatic carbocycles. The number of rotatable bonds is 25. The molecule has 1 fully saturated rings. The van der Waals surface area contributed by atoms with Gasteiger partial charge in [-0.25, -0.2) is 9.55 Å². The molecule has 436 valence electrons. The Bertz CT molecular complexity index is 3710. The van der Waals surface area contributed by atoms with Crippen molar-refractivity contribution in [3.05, 3.63) is 206 Å². The Kier molecular flexibility index (Phi) is 18.9. The smallest absolute Gasteiger partial charge is 0.276 e. The number of nitrogens with zero attached hydrogens (tertiary/aromatic N) is 8. The zero-order chi connectivity index (χ0) is 59.6. The number of tetrazole rings is 1. The van der Waals surface area contributed by atoms with E-state index in [9.17, 15) is 19.2 Å². The monoisotopic (exact) mass is 1220 g/mol. The summed E-state index contributed by atoms with van der Waals surface area (Å²) in [4.78, 5) is 69.0. The van der Waals surface area contributed by atoms with Crippen LogP contribution in [-0.2, 0) is 39.0 Å². The number of oxime groups is 1. The van der Waals surface area contributed by atoms with Crippen LogP contribution in [0, 0.1) is 6.92 Å². The summed E-state index contributed by atoms with van der Waals surface area (Å²) in [7, 11) is 3.21. The third-order valence-corrected chi connectivity index (χ3v) is 17.6. The fourth-order valence-electron chi connectivity index (χ4n) is 9.05. The number of aromatic nitrogens is 6. The van der Waals surface area contributed by atoms with E-state index in [1.54, 1.807) is 74.0 Å². The van der Waals surface area contributed by atoms with E-state index in [1.807, 2.05) is 138 Å². The highest BCUT2D eigenvalue weighted by atomic mass is 35.5. The molecule has 0 radical (unpaired) electrons. The van der Waals surface area contributed by atoms with Gasteiger partial charge in [0.1, 0.15) is 47.9 Å². The molecule has 2 atom stereocenters. The first-order valence-corrected chi connectivity index (χ1v) is 30.3. The third kappa shape index (κ3) is 14.0. The summed E-state index contributed by atoms with van der Waals surface area (Å²) < 4.78 is 25.0. The van der Waals surface area contributed by atoms with Crippen molar-refractivity contribution in [2.45, 2.75) is 75.4 Å². The number of hydrogen-bond acceptors (Lipinski definition) is 17. The molecule has 0 spiro atoms. The molecule has 0 unspecified atom stereocenters. The van der Waals surface area contributed by atoms with Crippen LogP contribution < -0.4 is 34.1 Å². The first-order valence-electron chi connectivity index (χ1n) is 27.0. The van der Waals surface area contributed by atoms with Crippen molar-refractivity contribution in [1.29, 1.82) is 0 Å². The van der Waals surface area contributed by atoms with Crippen molar-refractivity contribution in [3.8, 4) is 23.0 Å². The molecule has 23 heteroatoms. The van der Waals surface area contributed by atoms with Crippen LogP contribution in [0.1, 0.15) is 76.0 Å². The SMILES string of the molecule is COc1ccc(COc2ccc(C(=O)NCC[n+]3ccc(SCC4=C(c5nnn(C(c6ccccc6)c6ccccc6)n5)N5C(=O)[C@@H](NC(=O)/C(=N\OC(C)(C)C(C)=O)c6csc(C)n6)[C@H]5SC4)cc3)c(Cl)c2OCc2ccc(OC)cc2)cc1. The number of β-lactam (4-membered cyclic amide) rings is 1. The lowest BCUT2D eigenvalue weighted by atomic mass is 9.99. The fraction of sp³-hybridized carbons (Fsp3) is 0.258. The maximum absolute atomic E-state index is 14.5. The Morgan fingerprint density at radius 1 is 0.859 bits per heavy atom. The van der Waals surface area contributed by atoms with Crippen LogP contribution in [0.3, 0.4) is 0 Å². The molecule has 0 bridgehead atoms. The van der Waals surface area contributed by atoms with E-state index in [-0.39, 0.29) is 70.9 Å². The number of ketones is 1. The second-order valence-corrected chi connectivity index (χ2v) is 23.8. The summed E-state index contributed by atoms with van der Waals surface area (Å²) in [6, 6.07) is 40.6. The molecule has 3 aromatic heterocycles. The summed E-state index contributed by atoms with van der Waals surface area (Å²) in [5.41, 5.74) is 4.06. The number of aryl methyl sites for hydroxylation is 1. The number of amides is 3. The molecular weight excluding hydrogens is 1160 g/mol. The second-order valence-electron chi connectivity index (χ2n) is 20.2. The predicted molar refractivity (Wildman–Crippen MR) is 325 cm³/mol. The first-order chi connectivity index (χ1) is 41.2. The van der Waals surface area contributed by atoms with Crippen molar-refractivity contribution < 1.29 is 47.5 Å². The zero-order valence-electron chi connectivity index (χ0n) is 47.3. The number of hydrogen-bond donors (Lipinski definition) is 2. The molecule has 2 aliphatic rings. The molecule has 19 nitrogen and oxygen atoms in total. The minimum Gasteiger partial charge on any atom is -0.497 e.